The highest BCUT2D eigenvalue weighted by molar-refractivity contribution is 6.15. The third kappa shape index (κ3) is 6.15. The van der Waals surface area contributed by atoms with Gasteiger partial charge in [0, 0.05) is 38.7 Å². The molecular formula is C59H36N6. The minimum absolute atomic E-state index is 0.457. The smallest absolute Gasteiger partial charge is 0.182 e. The largest absolute Gasteiger partial charge is 0.309 e. The molecule has 0 unspecified atom stereocenters. The number of fused-ring (bicyclic) bond motifs is 9. The van der Waals surface area contributed by atoms with Crippen LogP contribution in [0.2, 0.25) is 0 Å². The Morgan fingerprint density at radius 1 is 0.262 bits per heavy atom. The lowest BCUT2D eigenvalue weighted by Gasteiger charge is -2.15. The Balaban J connectivity index is 1.07. The Bertz CT molecular complexity index is 3830. The number of aromatic nitrogens is 6. The van der Waals surface area contributed by atoms with Crippen molar-refractivity contribution in [2.45, 2.75) is 0 Å². The summed E-state index contributed by atoms with van der Waals surface area (Å²) in [4.78, 5) is 26.7. The molecule has 0 radical (unpaired) electrons. The van der Waals surface area contributed by atoms with E-state index in [1.165, 1.54) is 21.5 Å². The SMILES string of the molecule is c1ccc(-c2nc(-c3cccc(-n4c5ccccc5c5ccccc54)c3)cc(-c3nc(-c4cc5ccccc5c5ccccc45)nc(-c4cc5ccccc5c5ccccc45)n3)n2)cc1. The van der Waals surface area contributed by atoms with Crippen LogP contribution in [0.15, 0.2) is 218 Å². The van der Waals surface area contributed by atoms with Crippen molar-refractivity contribution in [3.63, 3.8) is 0 Å². The van der Waals surface area contributed by atoms with E-state index in [-0.39, 0.29) is 0 Å². The van der Waals surface area contributed by atoms with E-state index in [0.29, 0.717) is 29.0 Å². The maximum atomic E-state index is 5.40. The van der Waals surface area contributed by atoms with Gasteiger partial charge in [-0.3, -0.25) is 0 Å². The third-order valence-electron chi connectivity index (χ3n) is 12.6. The molecule has 0 saturated heterocycles. The molecule has 0 aliphatic rings. The van der Waals surface area contributed by atoms with E-state index in [1.54, 1.807) is 0 Å². The van der Waals surface area contributed by atoms with Gasteiger partial charge in [0.25, 0.3) is 0 Å². The van der Waals surface area contributed by atoms with Crippen LogP contribution in [-0.4, -0.2) is 29.5 Å². The van der Waals surface area contributed by atoms with E-state index in [0.717, 1.165) is 77.0 Å². The fourth-order valence-corrected chi connectivity index (χ4v) is 9.64. The summed E-state index contributed by atoms with van der Waals surface area (Å²) in [7, 11) is 0. The van der Waals surface area contributed by atoms with Crippen molar-refractivity contribution in [1.82, 2.24) is 29.5 Å². The standard InChI is InChI=1S/C59H36N6/c1-2-17-37(18-3-1)56-60-52(40-21-16-22-41(33-40)65-54-31-14-12-29-48(54)49-30-13-15-32-55(49)65)36-53(61-56)59-63-57(50-34-38-19-4-6-23-42(38)44-25-8-10-27-46(44)50)62-58(64-59)51-35-39-20-5-7-24-43(39)45-26-9-11-28-47(45)51/h1-36H. The molecule has 0 amide bonds. The number of benzene rings is 10. The second-order valence-corrected chi connectivity index (χ2v) is 16.4. The summed E-state index contributed by atoms with van der Waals surface area (Å²) in [5.41, 5.74) is 8.36. The average Bonchev–Trinajstić information content (AvgIpc) is 3.72. The van der Waals surface area contributed by atoms with Crippen molar-refractivity contribution in [3.8, 4) is 62.6 Å². The van der Waals surface area contributed by atoms with Gasteiger partial charge >= 0.3 is 0 Å². The molecule has 0 atom stereocenters. The molecule has 0 aliphatic heterocycles. The fraction of sp³-hybridized carbons (Fsp3) is 0. The van der Waals surface area contributed by atoms with E-state index in [9.17, 15) is 0 Å². The average molecular weight is 829 g/mol. The first-order chi connectivity index (χ1) is 32.2. The van der Waals surface area contributed by atoms with E-state index >= 15 is 0 Å². The summed E-state index contributed by atoms with van der Waals surface area (Å²) in [6, 6.07) is 76.4. The number of hydrogen-bond acceptors (Lipinski definition) is 5. The van der Waals surface area contributed by atoms with Crippen molar-refractivity contribution < 1.29 is 0 Å². The molecule has 302 valence electrons. The van der Waals surface area contributed by atoms with Crippen molar-refractivity contribution in [2.24, 2.45) is 0 Å². The minimum Gasteiger partial charge on any atom is -0.309 e. The summed E-state index contributed by atoms with van der Waals surface area (Å²) in [5.74, 6) is 2.17. The Morgan fingerprint density at radius 2 is 0.708 bits per heavy atom. The lowest BCUT2D eigenvalue weighted by atomic mass is 9.96. The molecule has 10 aromatic carbocycles. The third-order valence-corrected chi connectivity index (χ3v) is 12.6. The molecule has 3 aromatic heterocycles. The molecule has 0 fully saturated rings. The molecule has 13 aromatic rings. The molecular weight excluding hydrogens is 793 g/mol. The van der Waals surface area contributed by atoms with Crippen LogP contribution in [-0.2, 0) is 0 Å². The predicted molar refractivity (Wildman–Crippen MR) is 267 cm³/mol. The zero-order valence-corrected chi connectivity index (χ0v) is 35.0. The maximum absolute atomic E-state index is 5.40. The molecule has 0 spiro atoms. The lowest BCUT2D eigenvalue weighted by Crippen LogP contribution is -2.04. The molecule has 13 rings (SSSR count). The normalized spacial score (nSPS) is 11.7. The van der Waals surface area contributed by atoms with Gasteiger partial charge in [-0.25, -0.2) is 24.9 Å². The second-order valence-electron chi connectivity index (χ2n) is 16.4. The van der Waals surface area contributed by atoms with Crippen LogP contribution in [0.4, 0.5) is 0 Å². The summed E-state index contributed by atoms with van der Waals surface area (Å²) >= 11 is 0. The number of hydrogen-bond donors (Lipinski definition) is 0. The second kappa shape index (κ2) is 14.9. The highest BCUT2D eigenvalue weighted by Crippen LogP contribution is 2.39. The first kappa shape index (κ1) is 36.8. The van der Waals surface area contributed by atoms with Gasteiger partial charge in [0.05, 0.1) is 16.7 Å². The van der Waals surface area contributed by atoms with Gasteiger partial charge in [-0.2, -0.15) is 0 Å². The van der Waals surface area contributed by atoms with Crippen LogP contribution < -0.4 is 0 Å². The van der Waals surface area contributed by atoms with Gasteiger partial charge in [-0.15, -0.1) is 0 Å². The topological polar surface area (TPSA) is 69.4 Å². The molecule has 0 aliphatic carbocycles. The zero-order valence-electron chi connectivity index (χ0n) is 35.0. The maximum Gasteiger partial charge on any atom is 0.182 e. The Hall–Kier alpha value is -8.87. The molecule has 0 N–H and O–H groups in total. The Kier molecular flexibility index (Phi) is 8.42. The van der Waals surface area contributed by atoms with Crippen molar-refractivity contribution >= 4 is 64.9 Å². The fourth-order valence-electron chi connectivity index (χ4n) is 9.64. The van der Waals surface area contributed by atoms with Crippen LogP contribution >= 0.6 is 0 Å². The van der Waals surface area contributed by atoms with Crippen LogP contribution in [0.3, 0.4) is 0 Å². The van der Waals surface area contributed by atoms with Gasteiger partial charge in [0.2, 0.25) is 0 Å². The van der Waals surface area contributed by atoms with Gasteiger partial charge < -0.3 is 4.57 Å². The van der Waals surface area contributed by atoms with E-state index in [1.807, 2.05) is 36.4 Å². The number of nitrogens with zero attached hydrogens (tertiary/aromatic N) is 6. The molecule has 65 heavy (non-hydrogen) atoms. The summed E-state index contributed by atoms with van der Waals surface area (Å²) in [6.07, 6.45) is 0. The first-order valence-corrected chi connectivity index (χ1v) is 21.8. The summed E-state index contributed by atoms with van der Waals surface area (Å²) in [5, 5.41) is 11.4. The first-order valence-electron chi connectivity index (χ1n) is 21.8. The van der Waals surface area contributed by atoms with Crippen LogP contribution in [0.1, 0.15) is 0 Å². The highest BCUT2D eigenvalue weighted by Gasteiger charge is 2.21. The van der Waals surface area contributed by atoms with Gasteiger partial charge in [-0.1, -0.05) is 176 Å². The van der Waals surface area contributed by atoms with Gasteiger partial charge in [0.15, 0.2) is 23.3 Å². The van der Waals surface area contributed by atoms with E-state index in [4.69, 9.17) is 24.9 Å². The minimum atomic E-state index is 0.457. The summed E-state index contributed by atoms with van der Waals surface area (Å²) < 4.78 is 2.33. The summed E-state index contributed by atoms with van der Waals surface area (Å²) in [6.45, 7) is 0. The Morgan fingerprint density at radius 3 is 1.29 bits per heavy atom. The molecule has 3 heterocycles. The van der Waals surface area contributed by atoms with E-state index in [2.05, 4.69) is 187 Å². The Labute approximate surface area is 373 Å². The van der Waals surface area contributed by atoms with E-state index < -0.39 is 0 Å². The van der Waals surface area contributed by atoms with Crippen molar-refractivity contribution in [3.05, 3.63) is 218 Å². The van der Waals surface area contributed by atoms with Crippen LogP contribution in [0, 0.1) is 0 Å². The molecule has 6 heteroatoms. The molecule has 0 bridgehead atoms. The molecule has 6 nitrogen and oxygen atoms in total. The number of rotatable bonds is 6. The zero-order chi connectivity index (χ0) is 42.8. The lowest BCUT2D eigenvalue weighted by molar-refractivity contribution is 1.05. The van der Waals surface area contributed by atoms with Crippen molar-refractivity contribution in [2.75, 3.05) is 0 Å². The van der Waals surface area contributed by atoms with Crippen LogP contribution in [0.5, 0.6) is 0 Å². The van der Waals surface area contributed by atoms with Crippen molar-refractivity contribution in [1.29, 1.82) is 0 Å². The number of para-hydroxylation sites is 2. The molecule has 0 saturated carbocycles. The van der Waals surface area contributed by atoms with Crippen LogP contribution in [0.25, 0.3) is 128 Å². The monoisotopic (exact) mass is 828 g/mol. The highest BCUT2D eigenvalue weighted by atomic mass is 15.1. The quantitative estimate of drug-likeness (QED) is 0.156. The van der Waals surface area contributed by atoms with Gasteiger partial charge in [0.1, 0.15) is 5.69 Å². The predicted octanol–water partition coefficient (Wildman–Crippen LogP) is 14.7. The van der Waals surface area contributed by atoms with Gasteiger partial charge in [-0.05, 0) is 85.6 Å².